The van der Waals surface area contributed by atoms with Gasteiger partial charge in [0, 0.05) is 17.5 Å². The van der Waals surface area contributed by atoms with Crippen LogP contribution in [0.3, 0.4) is 0 Å². The van der Waals surface area contributed by atoms with Crippen LogP contribution in [0.4, 0.5) is 0 Å². The molecule has 1 aromatic carbocycles. The van der Waals surface area contributed by atoms with E-state index < -0.39 is 0 Å². The normalized spacial score (nSPS) is 16.3. The molecule has 1 saturated carbocycles. The monoisotopic (exact) mass is 373 g/mol. The molecule has 0 spiro atoms. The maximum atomic E-state index is 6.46. The zero-order valence-electron chi connectivity index (χ0n) is 14.3. The summed E-state index contributed by atoms with van der Waals surface area (Å²) in [6, 6.07) is 10.0. The lowest BCUT2D eigenvalue weighted by molar-refractivity contribution is 0.415. The zero-order chi connectivity index (χ0) is 17.4. The molecule has 2 heterocycles. The minimum Gasteiger partial charge on any atom is -0.497 e. The van der Waals surface area contributed by atoms with Crippen molar-refractivity contribution in [2.45, 2.75) is 31.1 Å². The summed E-state index contributed by atoms with van der Waals surface area (Å²) in [4.78, 5) is 1.38. The van der Waals surface area contributed by atoms with Crippen molar-refractivity contribution in [3.8, 4) is 17.1 Å². The van der Waals surface area contributed by atoms with Gasteiger partial charge in [-0.3, -0.25) is 0 Å². The van der Waals surface area contributed by atoms with Gasteiger partial charge in [0.25, 0.3) is 0 Å². The number of hydrogen-bond donors (Lipinski definition) is 0. The molecular formula is C19H20ClN3OS. The van der Waals surface area contributed by atoms with Crippen LogP contribution >= 0.6 is 22.9 Å². The molecule has 1 aliphatic carbocycles. The molecule has 0 amide bonds. The summed E-state index contributed by atoms with van der Waals surface area (Å²) in [6.07, 6.45) is 4.69. The predicted octanol–water partition coefficient (Wildman–Crippen LogP) is 5.07. The van der Waals surface area contributed by atoms with Crippen LogP contribution < -0.4 is 4.74 Å². The van der Waals surface area contributed by atoms with E-state index in [0.717, 1.165) is 35.8 Å². The van der Waals surface area contributed by atoms with Gasteiger partial charge in [0.2, 0.25) is 0 Å². The summed E-state index contributed by atoms with van der Waals surface area (Å²) in [7, 11) is 3.68. The van der Waals surface area contributed by atoms with Crippen molar-refractivity contribution in [1.29, 1.82) is 0 Å². The molecule has 1 aliphatic rings. The van der Waals surface area contributed by atoms with Crippen molar-refractivity contribution in [1.82, 2.24) is 14.8 Å². The summed E-state index contributed by atoms with van der Waals surface area (Å²) >= 11 is 8.27. The molecule has 6 heteroatoms. The van der Waals surface area contributed by atoms with E-state index in [0.29, 0.717) is 5.02 Å². The molecule has 1 fully saturated rings. The third-order valence-corrected chi connectivity index (χ3v) is 6.56. The highest BCUT2D eigenvalue weighted by atomic mass is 35.5. The first-order valence-electron chi connectivity index (χ1n) is 8.43. The predicted molar refractivity (Wildman–Crippen MR) is 102 cm³/mol. The van der Waals surface area contributed by atoms with Crippen LogP contribution in [-0.2, 0) is 12.5 Å². The molecular weight excluding hydrogens is 354 g/mol. The molecule has 0 bridgehead atoms. The van der Waals surface area contributed by atoms with Crippen LogP contribution in [0.2, 0.25) is 5.02 Å². The topological polar surface area (TPSA) is 39.9 Å². The molecule has 0 N–H and O–H groups in total. The van der Waals surface area contributed by atoms with Crippen LogP contribution in [0.1, 0.15) is 36.4 Å². The van der Waals surface area contributed by atoms with E-state index >= 15 is 0 Å². The Morgan fingerprint density at radius 3 is 2.64 bits per heavy atom. The number of nitrogens with zero attached hydrogens (tertiary/aromatic N) is 3. The Bertz CT molecular complexity index is 882. The quantitative estimate of drug-likeness (QED) is 0.641. The minimum absolute atomic E-state index is 0.0207. The standard InChI is InChI=1S/C19H20ClN3OS/c1-23-17(14-8-7-13(24-2)12-15(14)20)21-22-18(23)19(9-3-4-10-19)16-6-5-11-25-16/h5-8,11-12H,3-4,9-10H2,1-2H3. The summed E-state index contributed by atoms with van der Waals surface area (Å²) in [5.41, 5.74) is 0.857. The van der Waals surface area contributed by atoms with Gasteiger partial charge in [-0.15, -0.1) is 21.5 Å². The average molecular weight is 374 g/mol. The fourth-order valence-electron chi connectivity index (χ4n) is 3.89. The SMILES string of the molecule is COc1ccc(-c2nnc(C3(c4cccs4)CCCC3)n2C)c(Cl)c1. The van der Waals surface area contributed by atoms with E-state index in [1.54, 1.807) is 7.11 Å². The first-order valence-corrected chi connectivity index (χ1v) is 9.69. The Labute approximate surface area is 156 Å². The molecule has 0 saturated heterocycles. The van der Waals surface area contributed by atoms with Gasteiger partial charge in [0.05, 0.1) is 17.5 Å². The molecule has 0 aliphatic heterocycles. The van der Waals surface area contributed by atoms with Crippen LogP contribution in [0, 0.1) is 0 Å². The number of hydrogen-bond acceptors (Lipinski definition) is 4. The first kappa shape index (κ1) is 16.6. The van der Waals surface area contributed by atoms with E-state index in [-0.39, 0.29) is 5.41 Å². The van der Waals surface area contributed by atoms with Crippen LogP contribution in [0.25, 0.3) is 11.4 Å². The summed E-state index contributed by atoms with van der Waals surface area (Å²) in [6.45, 7) is 0. The summed E-state index contributed by atoms with van der Waals surface area (Å²) in [5, 5.41) is 11.9. The van der Waals surface area contributed by atoms with Gasteiger partial charge < -0.3 is 9.30 Å². The maximum absolute atomic E-state index is 6.46. The van der Waals surface area contributed by atoms with Crippen LogP contribution in [0.15, 0.2) is 35.7 Å². The van der Waals surface area contributed by atoms with Gasteiger partial charge in [-0.1, -0.05) is 30.5 Å². The second-order valence-electron chi connectivity index (χ2n) is 6.52. The molecule has 3 aromatic rings. The third kappa shape index (κ3) is 2.66. The number of halogens is 1. The van der Waals surface area contributed by atoms with Crippen molar-refractivity contribution in [2.75, 3.05) is 7.11 Å². The van der Waals surface area contributed by atoms with E-state index in [9.17, 15) is 0 Å². The van der Waals surface area contributed by atoms with Crippen molar-refractivity contribution < 1.29 is 4.74 Å². The Morgan fingerprint density at radius 1 is 1.20 bits per heavy atom. The Morgan fingerprint density at radius 2 is 2.00 bits per heavy atom. The van der Waals surface area contributed by atoms with Gasteiger partial charge in [-0.05, 0) is 42.5 Å². The first-order chi connectivity index (χ1) is 12.2. The number of rotatable bonds is 4. The van der Waals surface area contributed by atoms with E-state index in [2.05, 4.69) is 32.3 Å². The second-order valence-corrected chi connectivity index (χ2v) is 7.87. The van der Waals surface area contributed by atoms with Crippen LogP contribution in [0.5, 0.6) is 5.75 Å². The highest BCUT2D eigenvalue weighted by Crippen LogP contribution is 2.47. The summed E-state index contributed by atoms with van der Waals surface area (Å²) < 4.78 is 7.35. The van der Waals surface area contributed by atoms with Gasteiger partial charge in [-0.2, -0.15) is 0 Å². The van der Waals surface area contributed by atoms with Crippen molar-refractivity contribution in [3.05, 3.63) is 51.4 Å². The molecule has 130 valence electrons. The third-order valence-electron chi connectivity index (χ3n) is 5.17. The zero-order valence-corrected chi connectivity index (χ0v) is 15.9. The number of thiophene rings is 1. The fourth-order valence-corrected chi connectivity index (χ4v) is 5.13. The highest BCUT2D eigenvalue weighted by molar-refractivity contribution is 7.10. The molecule has 4 nitrogen and oxygen atoms in total. The van der Waals surface area contributed by atoms with Gasteiger partial charge in [0.1, 0.15) is 11.6 Å². The van der Waals surface area contributed by atoms with Gasteiger partial charge in [-0.25, -0.2) is 0 Å². The van der Waals surface area contributed by atoms with Gasteiger partial charge in [0.15, 0.2) is 5.82 Å². The van der Waals surface area contributed by atoms with E-state index in [1.165, 1.54) is 17.7 Å². The number of ether oxygens (including phenoxy) is 1. The van der Waals surface area contributed by atoms with Crippen molar-refractivity contribution in [2.24, 2.45) is 7.05 Å². The van der Waals surface area contributed by atoms with Crippen molar-refractivity contribution in [3.63, 3.8) is 0 Å². The maximum Gasteiger partial charge on any atom is 0.165 e. The lowest BCUT2D eigenvalue weighted by atomic mass is 9.83. The second kappa shape index (κ2) is 6.46. The molecule has 0 unspecified atom stereocenters. The highest BCUT2D eigenvalue weighted by Gasteiger charge is 2.42. The lowest BCUT2D eigenvalue weighted by Crippen LogP contribution is -2.26. The number of methoxy groups -OCH3 is 1. The van der Waals surface area contributed by atoms with Crippen molar-refractivity contribution >= 4 is 22.9 Å². The lowest BCUT2D eigenvalue weighted by Gasteiger charge is -2.26. The molecule has 2 aromatic heterocycles. The smallest absolute Gasteiger partial charge is 0.165 e. The number of benzene rings is 1. The summed E-state index contributed by atoms with van der Waals surface area (Å²) in [5.74, 6) is 2.57. The minimum atomic E-state index is -0.0207. The Balaban J connectivity index is 1.81. The average Bonchev–Trinajstić information content (AvgIpc) is 3.35. The largest absolute Gasteiger partial charge is 0.497 e. The Kier molecular flexibility index (Phi) is 4.29. The molecule has 0 radical (unpaired) electrons. The molecule has 0 atom stereocenters. The molecule has 4 rings (SSSR count). The van der Waals surface area contributed by atoms with E-state index in [1.807, 2.05) is 36.6 Å². The van der Waals surface area contributed by atoms with Gasteiger partial charge >= 0.3 is 0 Å². The Hall–Kier alpha value is -1.85. The van der Waals surface area contributed by atoms with E-state index in [4.69, 9.17) is 16.3 Å². The molecule has 25 heavy (non-hydrogen) atoms. The fraction of sp³-hybridized carbons (Fsp3) is 0.368. The van der Waals surface area contributed by atoms with Crippen LogP contribution in [-0.4, -0.2) is 21.9 Å². The number of aromatic nitrogens is 3.